The molecular weight excluding hydrogens is 356 g/mol. The molecule has 5 nitrogen and oxygen atoms in total. The molecule has 1 aromatic carbocycles. The Morgan fingerprint density at radius 2 is 1.78 bits per heavy atom. The fourth-order valence-corrected chi connectivity index (χ4v) is 4.10. The molecule has 0 saturated carbocycles. The number of nitrogens with zero attached hydrogens (tertiary/aromatic N) is 4. The highest BCUT2D eigenvalue weighted by molar-refractivity contribution is 7.80. The molecule has 6 heteroatoms. The zero-order chi connectivity index (χ0) is 18.6. The van der Waals surface area contributed by atoms with Gasteiger partial charge in [0.15, 0.2) is 0 Å². The molecule has 142 valence electrons. The van der Waals surface area contributed by atoms with Crippen molar-refractivity contribution in [2.75, 3.05) is 43.0 Å². The molecule has 4 rings (SSSR count). The topological polar surface area (TPSA) is 31.8 Å². The van der Waals surface area contributed by atoms with Crippen molar-refractivity contribution < 1.29 is 4.74 Å². The van der Waals surface area contributed by atoms with E-state index in [2.05, 4.69) is 57.1 Å². The van der Waals surface area contributed by atoms with Crippen molar-refractivity contribution in [2.45, 2.75) is 25.5 Å². The van der Waals surface area contributed by atoms with Gasteiger partial charge in [0.25, 0.3) is 5.17 Å². The highest BCUT2D eigenvalue weighted by Crippen LogP contribution is 2.34. The zero-order valence-corrected chi connectivity index (χ0v) is 16.6. The van der Waals surface area contributed by atoms with Gasteiger partial charge in [0.2, 0.25) is 0 Å². The molecule has 0 unspecified atom stereocenters. The van der Waals surface area contributed by atoms with Crippen LogP contribution in [0.25, 0.3) is 0 Å². The average Bonchev–Trinajstić information content (AvgIpc) is 2.71. The van der Waals surface area contributed by atoms with Gasteiger partial charge in [-0.1, -0.05) is 18.2 Å². The summed E-state index contributed by atoms with van der Waals surface area (Å²) in [5.41, 5.74) is 3.38. The Bertz CT molecular complexity index is 777. The van der Waals surface area contributed by atoms with E-state index in [9.17, 15) is 0 Å². The van der Waals surface area contributed by atoms with Crippen LogP contribution in [0.3, 0.4) is 0 Å². The first-order chi connectivity index (χ1) is 13.2. The van der Waals surface area contributed by atoms with Crippen molar-refractivity contribution in [1.82, 2.24) is 9.88 Å². The van der Waals surface area contributed by atoms with E-state index in [1.54, 1.807) is 0 Å². The maximum atomic E-state index is 6.19. The summed E-state index contributed by atoms with van der Waals surface area (Å²) in [5, 5.41) is 0.606. The number of fused-ring (bicyclic) bond motifs is 1. The molecule has 0 spiro atoms. The molecule has 1 fully saturated rings. The SMILES string of the molecule is CN1CCC(OC(=S)N2CCN(Cc3ccccn3)c3ccccc32)CC1. The third kappa shape index (κ3) is 4.22. The number of aromatic nitrogens is 1. The van der Waals surface area contributed by atoms with E-state index in [0.29, 0.717) is 5.17 Å². The zero-order valence-electron chi connectivity index (χ0n) is 15.8. The Kier molecular flexibility index (Phi) is 5.55. The number of hydrogen-bond donors (Lipinski definition) is 0. The molecule has 1 aromatic heterocycles. The van der Waals surface area contributed by atoms with Gasteiger partial charge in [0.1, 0.15) is 6.10 Å². The van der Waals surface area contributed by atoms with Gasteiger partial charge in [-0.05, 0) is 56.4 Å². The van der Waals surface area contributed by atoms with E-state index in [-0.39, 0.29) is 6.10 Å². The van der Waals surface area contributed by atoms with Crippen LogP contribution in [0, 0.1) is 0 Å². The van der Waals surface area contributed by atoms with Crippen molar-refractivity contribution in [1.29, 1.82) is 0 Å². The maximum absolute atomic E-state index is 6.19. The maximum Gasteiger partial charge on any atom is 0.264 e. The van der Waals surface area contributed by atoms with Crippen LogP contribution in [0.4, 0.5) is 11.4 Å². The summed E-state index contributed by atoms with van der Waals surface area (Å²) in [6.45, 7) is 4.66. The third-order valence-corrected chi connectivity index (χ3v) is 5.66. The van der Waals surface area contributed by atoms with E-state index in [1.165, 1.54) is 5.69 Å². The molecule has 0 N–H and O–H groups in total. The lowest BCUT2D eigenvalue weighted by Crippen LogP contribution is -2.46. The van der Waals surface area contributed by atoms with E-state index >= 15 is 0 Å². The Hall–Kier alpha value is -2.18. The summed E-state index contributed by atoms with van der Waals surface area (Å²) >= 11 is 5.69. The van der Waals surface area contributed by atoms with Crippen LogP contribution < -0.4 is 9.80 Å². The monoisotopic (exact) mass is 382 g/mol. The number of piperidine rings is 1. The Morgan fingerprint density at radius 3 is 2.52 bits per heavy atom. The van der Waals surface area contributed by atoms with Crippen LogP contribution in [0.1, 0.15) is 18.5 Å². The van der Waals surface area contributed by atoms with Crippen LogP contribution in [0.15, 0.2) is 48.7 Å². The number of ether oxygens (including phenoxy) is 1. The van der Waals surface area contributed by atoms with Gasteiger partial charge < -0.3 is 14.5 Å². The molecule has 3 heterocycles. The molecule has 1 saturated heterocycles. The predicted octanol–water partition coefficient (Wildman–Crippen LogP) is 3.30. The predicted molar refractivity (Wildman–Crippen MR) is 113 cm³/mol. The largest absolute Gasteiger partial charge is 0.467 e. The minimum absolute atomic E-state index is 0.229. The van der Waals surface area contributed by atoms with Crippen molar-refractivity contribution in [3.63, 3.8) is 0 Å². The molecular formula is C21H26N4OS. The lowest BCUT2D eigenvalue weighted by molar-refractivity contribution is 0.105. The highest BCUT2D eigenvalue weighted by Gasteiger charge is 2.28. The average molecular weight is 383 g/mol. The molecule has 0 atom stereocenters. The van der Waals surface area contributed by atoms with Crippen LogP contribution in [0.5, 0.6) is 0 Å². The van der Waals surface area contributed by atoms with E-state index < -0.39 is 0 Å². The molecule has 2 aliphatic rings. The first-order valence-electron chi connectivity index (χ1n) is 9.61. The number of hydrogen-bond acceptors (Lipinski definition) is 5. The normalized spacial score (nSPS) is 18.3. The summed E-state index contributed by atoms with van der Waals surface area (Å²) in [5.74, 6) is 0. The van der Waals surface area contributed by atoms with Gasteiger partial charge in [-0.25, -0.2) is 0 Å². The smallest absolute Gasteiger partial charge is 0.264 e. The number of thiocarbonyl (C=S) groups is 1. The summed E-state index contributed by atoms with van der Waals surface area (Å²) < 4.78 is 6.19. The highest BCUT2D eigenvalue weighted by atomic mass is 32.1. The molecule has 0 bridgehead atoms. The first kappa shape index (κ1) is 18.2. The Morgan fingerprint density at radius 1 is 1.04 bits per heavy atom. The van der Waals surface area contributed by atoms with Crippen LogP contribution in [0.2, 0.25) is 0 Å². The lowest BCUT2D eigenvalue weighted by Gasteiger charge is -2.39. The molecule has 2 aliphatic heterocycles. The van der Waals surface area contributed by atoms with Gasteiger partial charge >= 0.3 is 0 Å². The third-order valence-electron chi connectivity index (χ3n) is 5.34. The fourth-order valence-electron chi connectivity index (χ4n) is 3.77. The standard InChI is InChI=1S/C21H26N4OS/c1-23-12-9-18(10-13-23)26-21(27)25-15-14-24(16-17-6-4-5-11-22-17)19-7-2-3-8-20(19)25/h2-8,11,18H,9-10,12-16H2,1H3. The van der Waals surface area contributed by atoms with Crippen molar-refractivity contribution in [2.24, 2.45) is 0 Å². The van der Waals surface area contributed by atoms with Crippen molar-refractivity contribution >= 4 is 28.8 Å². The molecule has 0 aliphatic carbocycles. The molecule has 27 heavy (non-hydrogen) atoms. The Labute approximate surface area is 166 Å². The minimum Gasteiger partial charge on any atom is -0.467 e. The number of rotatable bonds is 3. The van der Waals surface area contributed by atoms with Crippen LogP contribution in [-0.2, 0) is 11.3 Å². The quantitative estimate of drug-likeness (QED) is 0.758. The van der Waals surface area contributed by atoms with Crippen LogP contribution >= 0.6 is 12.2 Å². The van der Waals surface area contributed by atoms with Gasteiger partial charge in [-0.2, -0.15) is 0 Å². The first-order valence-corrected chi connectivity index (χ1v) is 10.0. The van der Waals surface area contributed by atoms with E-state index in [1.807, 2.05) is 18.3 Å². The molecule has 0 radical (unpaired) electrons. The Balaban J connectivity index is 1.48. The summed E-state index contributed by atoms with van der Waals surface area (Å²) in [4.78, 5) is 11.3. The van der Waals surface area contributed by atoms with Gasteiger partial charge in [0, 0.05) is 32.4 Å². The number of para-hydroxylation sites is 2. The van der Waals surface area contributed by atoms with Crippen molar-refractivity contribution in [3.05, 3.63) is 54.4 Å². The van der Waals surface area contributed by atoms with E-state index in [0.717, 1.165) is 56.9 Å². The second-order valence-electron chi connectivity index (χ2n) is 7.27. The van der Waals surface area contributed by atoms with Gasteiger partial charge in [0.05, 0.1) is 23.6 Å². The second-order valence-corrected chi connectivity index (χ2v) is 7.62. The minimum atomic E-state index is 0.229. The number of anilines is 2. The number of likely N-dealkylation sites (tertiary alicyclic amines) is 1. The van der Waals surface area contributed by atoms with Gasteiger partial charge in [-0.3, -0.25) is 9.88 Å². The summed E-state index contributed by atoms with van der Waals surface area (Å²) in [6.07, 6.45) is 4.16. The number of benzene rings is 1. The lowest BCUT2D eigenvalue weighted by atomic mass is 10.1. The molecule has 0 amide bonds. The summed E-state index contributed by atoms with van der Waals surface area (Å²) in [6, 6.07) is 14.5. The fraction of sp³-hybridized carbons (Fsp3) is 0.429. The number of pyridine rings is 1. The van der Waals surface area contributed by atoms with E-state index in [4.69, 9.17) is 17.0 Å². The van der Waals surface area contributed by atoms with Crippen molar-refractivity contribution in [3.8, 4) is 0 Å². The molecule has 2 aromatic rings. The summed E-state index contributed by atoms with van der Waals surface area (Å²) in [7, 11) is 2.16. The van der Waals surface area contributed by atoms with Crippen LogP contribution in [-0.4, -0.2) is 54.4 Å². The van der Waals surface area contributed by atoms with Gasteiger partial charge in [-0.15, -0.1) is 0 Å². The second kappa shape index (κ2) is 8.23.